The fourth-order valence-corrected chi connectivity index (χ4v) is 2.73. The molecule has 1 aromatic carbocycles. The molecule has 1 saturated heterocycles. The monoisotopic (exact) mass is 358 g/mol. The van der Waals surface area contributed by atoms with Crippen molar-refractivity contribution in [1.29, 1.82) is 0 Å². The van der Waals surface area contributed by atoms with Crippen LogP contribution in [0.15, 0.2) is 36.4 Å². The van der Waals surface area contributed by atoms with Crippen LogP contribution in [-0.2, 0) is 4.74 Å². The number of ether oxygens (including phenoxy) is 2. The molecule has 1 aliphatic rings. The van der Waals surface area contributed by atoms with Gasteiger partial charge in [-0.05, 0) is 39.7 Å². The van der Waals surface area contributed by atoms with Crippen LogP contribution >= 0.6 is 0 Å². The highest BCUT2D eigenvalue weighted by molar-refractivity contribution is 5.46. The minimum absolute atomic E-state index is 0.156. The number of anilines is 1. The Hall–Kier alpha value is -2.71. The first-order valence-electron chi connectivity index (χ1n) is 8.35. The molecule has 2 atom stereocenters. The number of aryl methyl sites for hydroxylation is 1. The Kier molecular flexibility index (Phi) is 5.34. The van der Waals surface area contributed by atoms with Crippen LogP contribution in [0.5, 0.6) is 5.75 Å². The average Bonchev–Trinajstić information content (AvgIpc) is 3.09. The highest BCUT2D eigenvalue weighted by Crippen LogP contribution is 2.27. The molecule has 0 spiro atoms. The third-order valence-corrected chi connectivity index (χ3v) is 4.15. The molecular weight excluding hydrogens is 336 g/mol. The second-order valence-corrected chi connectivity index (χ2v) is 6.37. The van der Waals surface area contributed by atoms with Gasteiger partial charge < -0.3 is 24.5 Å². The van der Waals surface area contributed by atoms with E-state index in [2.05, 4.69) is 10.3 Å². The van der Waals surface area contributed by atoms with Crippen LogP contribution in [-0.4, -0.2) is 43.3 Å². The minimum Gasteiger partial charge on any atom is -0.483 e. The van der Waals surface area contributed by atoms with Crippen molar-refractivity contribution in [2.45, 2.75) is 19.3 Å². The van der Waals surface area contributed by atoms with Crippen LogP contribution in [0.2, 0.25) is 0 Å². The van der Waals surface area contributed by atoms with E-state index in [0.717, 1.165) is 11.3 Å². The van der Waals surface area contributed by atoms with Crippen molar-refractivity contribution >= 4 is 11.5 Å². The maximum atomic E-state index is 11.1. The van der Waals surface area contributed by atoms with E-state index in [1.54, 1.807) is 19.1 Å². The molecule has 0 aliphatic carbocycles. The van der Waals surface area contributed by atoms with E-state index in [0.29, 0.717) is 12.2 Å². The summed E-state index contributed by atoms with van der Waals surface area (Å²) in [5.41, 5.74) is 2.72. The Balaban J connectivity index is 1.59. The van der Waals surface area contributed by atoms with Crippen molar-refractivity contribution in [1.82, 2.24) is 10.3 Å². The van der Waals surface area contributed by atoms with E-state index in [1.165, 1.54) is 0 Å². The van der Waals surface area contributed by atoms with Crippen molar-refractivity contribution in [2.75, 3.05) is 32.1 Å². The number of hydrogen-bond donors (Lipinski definition) is 1. The van der Waals surface area contributed by atoms with Gasteiger partial charge in [-0.25, -0.2) is 0 Å². The second kappa shape index (κ2) is 7.67. The molecule has 138 valence electrons. The summed E-state index contributed by atoms with van der Waals surface area (Å²) in [6.07, 6.45) is -0.416. The van der Waals surface area contributed by atoms with Crippen LogP contribution in [0.25, 0.3) is 0 Å². The highest BCUT2D eigenvalue weighted by Gasteiger charge is 2.27. The van der Waals surface area contributed by atoms with Crippen LogP contribution in [0.1, 0.15) is 17.5 Å². The maximum absolute atomic E-state index is 11.1. The minimum atomic E-state index is -0.537. The number of nitrogens with zero attached hydrogens (tertiary/aromatic N) is 3. The first-order chi connectivity index (χ1) is 12.4. The van der Waals surface area contributed by atoms with E-state index in [-0.39, 0.29) is 30.5 Å². The standard InChI is InChI=1S/C18H22N4O4/c1-12-4-9-16(17(20-12)22(23)24)25-11-15-10-19-18(26-15)13-5-7-14(8-6-13)21(2)3/h4-9,15,18-19H,10-11H2,1-3H3/t15-,18-/m0/s1. The second-order valence-electron chi connectivity index (χ2n) is 6.37. The van der Waals surface area contributed by atoms with Crippen molar-refractivity contribution in [3.63, 3.8) is 0 Å². The molecule has 0 amide bonds. The molecular formula is C18H22N4O4. The zero-order chi connectivity index (χ0) is 18.7. The van der Waals surface area contributed by atoms with Gasteiger partial charge in [0.15, 0.2) is 0 Å². The lowest BCUT2D eigenvalue weighted by Crippen LogP contribution is -2.22. The summed E-state index contributed by atoms with van der Waals surface area (Å²) in [5.74, 6) is -0.116. The summed E-state index contributed by atoms with van der Waals surface area (Å²) >= 11 is 0. The summed E-state index contributed by atoms with van der Waals surface area (Å²) in [6.45, 7) is 2.52. The smallest absolute Gasteiger partial charge is 0.406 e. The zero-order valence-electron chi connectivity index (χ0n) is 15.0. The number of benzene rings is 1. The van der Waals surface area contributed by atoms with E-state index in [4.69, 9.17) is 9.47 Å². The molecule has 2 heterocycles. The summed E-state index contributed by atoms with van der Waals surface area (Å²) in [7, 11) is 3.98. The Morgan fingerprint density at radius 1 is 1.31 bits per heavy atom. The predicted molar refractivity (Wildman–Crippen MR) is 97.5 cm³/mol. The summed E-state index contributed by atoms with van der Waals surface area (Å²) < 4.78 is 11.5. The van der Waals surface area contributed by atoms with Crippen molar-refractivity contribution in [3.8, 4) is 5.75 Å². The van der Waals surface area contributed by atoms with Crippen molar-refractivity contribution < 1.29 is 14.4 Å². The fourth-order valence-electron chi connectivity index (χ4n) is 2.73. The number of aromatic nitrogens is 1. The first-order valence-corrected chi connectivity index (χ1v) is 8.35. The lowest BCUT2D eigenvalue weighted by Gasteiger charge is -2.16. The molecule has 0 saturated carbocycles. The number of nitro groups is 1. The van der Waals surface area contributed by atoms with Crippen LogP contribution in [0.3, 0.4) is 0 Å². The number of pyridine rings is 1. The molecule has 0 bridgehead atoms. The van der Waals surface area contributed by atoms with E-state index < -0.39 is 4.92 Å². The highest BCUT2D eigenvalue weighted by atomic mass is 16.6. The largest absolute Gasteiger partial charge is 0.483 e. The van der Waals surface area contributed by atoms with E-state index in [9.17, 15) is 10.1 Å². The van der Waals surface area contributed by atoms with Gasteiger partial charge in [0.25, 0.3) is 0 Å². The van der Waals surface area contributed by atoms with Gasteiger partial charge >= 0.3 is 5.82 Å². The summed E-state index contributed by atoms with van der Waals surface area (Å²) in [6, 6.07) is 11.4. The van der Waals surface area contributed by atoms with Crippen LogP contribution in [0.4, 0.5) is 11.5 Å². The Morgan fingerprint density at radius 2 is 2.04 bits per heavy atom. The molecule has 3 rings (SSSR count). The quantitative estimate of drug-likeness (QED) is 0.626. The first kappa shape index (κ1) is 18.1. The lowest BCUT2D eigenvalue weighted by molar-refractivity contribution is -0.390. The SMILES string of the molecule is Cc1ccc(OC[C@@H]2CN[C@H](c3ccc(N(C)C)cc3)O2)c([N+](=O)[O-])n1. The van der Waals surface area contributed by atoms with Gasteiger partial charge in [0.2, 0.25) is 5.75 Å². The molecule has 0 radical (unpaired) electrons. The molecule has 2 aromatic rings. The molecule has 8 nitrogen and oxygen atoms in total. The Labute approximate surface area is 151 Å². The normalized spacial score (nSPS) is 19.3. The summed E-state index contributed by atoms with van der Waals surface area (Å²) in [5, 5.41) is 14.4. The topological polar surface area (TPSA) is 89.8 Å². The van der Waals surface area contributed by atoms with Crippen molar-refractivity contribution in [2.24, 2.45) is 0 Å². The number of hydrogen-bond acceptors (Lipinski definition) is 7. The van der Waals surface area contributed by atoms with Gasteiger partial charge in [0.05, 0.1) is 0 Å². The van der Waals surface area contributed by atoms with Gasteiger partial charge in [0, 0.05) is 33.3 Å². The molecule has 1 aromatic heterocycles. The Bertz CT molecular complexity index is 779. The summed E-state index contributed by atoms with van der Waals surface area (Å²) in [4.78, 5) is 16.5. The fraction of sp³-hybridized carbons (Fsp3) is 0.389. The average molecular weight is 358 g/mol. The molecule has 26 heavy (non-hydrogen) atoms. The van der Waals surface area contributed by atoms with Gasteiger partial charge in [0.1, 0.15) is 24.6 Å². The van der Waals surface area contributed by atoms with Crippen molar-refractivity contribution in [3.05, 3.63) is 57.8 Å². The lowest BCUT2D eigenvalue weighted by atomic mass is 10.2. The van der Waals surface area contributed by atoms with Gasteiger partial charge in [-0.15, -0.1) is 0 Å². The zero-order valence-corrected chi connectivity index (χ0v) is 15.0. The molecule has 1 aliphatic heterocycles. The van der Waals surface area contributed by atoms with Crippen LogP contribution < -0.4 is 15.0 Å². The molecule has 1 fully saturated rings. The van der Waals surface area contributed by atoms with Crippen LogP contribution in [0, 0.1) is 17.0 Å². The third-order valence-electron chi connectivity index (χ3n) is 4.15. The number of rotatable bonds is 6. The number of nitrogens with one attached hydrogen (secondary N) is 1. The molecule has 1 N–H and O–H groups in total. The third kappa shape index (κ3) is 4.09. The molecule has 8 heteroatoms. The van der Waals surface area contributed by atoms with Gasteiger partial charge in [-0.1, -0.05) is 12.1 Å². The predicted octanol–water partition coefficient (Wildman–Crippen LogP) is 2.43. The maximum Gasteiger partial charge on any atom is 0.406 e. The van der Waals surface area contributed by atoms with E-state index >= 15 is 0 Å². The van der Waals surface area contributed by atoms with Gasteiger partial charge in [-0.3, -0.25) is 5.32 Å². The molecule has 0 unspecified atom stereocenters. The van der Waals surface area contributed by atoms with E-state index in [1.807, 2.05) is 43.3 Å². The van der Waals surface area contributed by atoms with Gasteiger partial charge in [-0.2, -0.15) is 0 Å². The Morgan fingerprint density at radius 3 is 2.69 bits per heavy atom.